The van der Waals surface area contributed by atoms with E-state index < -0.39 is 11.7 Å². The molecule has 0 atom stereocenters. The molecule has 2 amide bonds. The first-order valence-electron chi connectivity index (χ1n) is 13.7. The molecule has 2 aromatic heterocycles. The highest BCUT2D eigenvalue weighted by atomic mass is 19.1. The third kappa shape index (κ3) is 5.13. The lowest BCUT2D eigenvalue weighted by atomic mass is 9.73. The van der Waals surface area contributed by atoms with Crippen LogP contribution in [0.1, 0.15) is 42.0 Å². The number of carbonyl (C=O) groups is 2. The van der Waals surface area contributed by atoms with Gasteiger partial charge in [-0.25, -0.2) is 9.37 Å². The number of nitrogens with one attached hydrogen (secondary N) is 3. The van der Waals surface area contributed by atoms with Gasteiger partial charge in [0, 0.05) is 62.6 Å². The smallest absolute Gasteiger partial charge is 0.291 e. The molecule has 0 saturated carbocycles. The van der Waals surface area contributed by atoms with E-state index in [2.05, 4.69) is 25.6 Å². The molecule has 1 spiro atoms. The van der Waals surface area contributed by atoms with Gasteiger partial charge in [0.25, 0.3) is 5.91 Å². The minimum absolute atomic E-state index is 0.0435. The van der Waals surface area contributed by atoms with Crippen molar-refractivity contribution in [3.8, 4) is 11.3 Å². The van der Waals surface area contributed by atoms with E-state index in [1.54, 1.807) is 24.5 Å². The average Bonchev–Trinajstić information content (AvgIpc) is 3.43. The zero-order chi connectivity index (χ0) is 27.0. The predicted octanol–water partition coefficient (Wildman–Crippen LogP) is 3.60. The van der Waals surface area contributed by atoms with Gasteiger partial charge in [0.1, 0.15) is 5.82 Å². The lowest BCUT2D eigenvalue weighted by Gasteiger charge is -2.49. The van der Waals surface area contributed by atoms with E-state index in [1.807, 2.05) is 28.9 Å². The number of para-hydroxylation sites is 1. The Kier molecular flexibility index (Phi) is 6.80. The number of rotatable bonds is 5. The number of likely N-dealkylation sites (tertiary alicyclic amines) is 1. The average molecular weight is 532 g/mol. The van der Waals surface area contributed by atoms with Crippen LogP contribution in [-0.4, -0.2) is 70.9 Å². The van der Waals surface area contributed by atoms with Gasteiger partial charge in [0.15, 0.2) is 5.82 Å². The summed E-state index contributed by atoms with van der Waals surface area (Å²) < 4.78 is 15.1. The summed E-state index contributed by atoms with van der Waals surface area (Å²) in [6.45, 7) is 6.80. The maximum Gasteiger partial charge on any atom is 0.291 e. The Morgan fingerprint density at radius 1 is 1.08 bits per heavy atom. The van der Waals surface area contributed by atoms with Gasteiger partial charge in [-0.2, -0.15) is 0 Å². The summed E-state index contributed by atoms with van der Waals surface area (Å²) in [7, 11) is 0. The number of anilines is 2. The van der Waals surface area contributed by atoms with Crippen LogP contribution in [0.4, 0.5) is 15.8 Å². The fraction of sp³-hybridized carbons (Fsp3) is 0.448. The number of amides is 2. The Morgan fingerprint density at radius 3 is 2.54 bits per heavy atom. The van der Waals surface area contributed by atoms with Gasteiger partial charge in [-0.15, -0.1) is 0 Å². The molecule has 5 heterocycles. The molecule has 39 heavy (non-hydrogen) atoms. The Balaban J connectivity index is 1.10. The molecule has 1 aromatic carbocycles. The molecule has 6 rings (SSSR count). The SMILES string of the molecule is Cc1cc(-c2cnc(C(=O)Nc3cccc(F)c3N3CCC(C(=O)N4CCC5(CC4)CNC5)CC3)[nH]2)ccn1. The van der Waals surface area contributed by atoms with Crippen molar-refractivity contribution in [2.24, 2.45) is 11.3 Å². The molecule has 0 radical (unpaired) electrons. The molecule has 10 heteroatoms. The standard InChI is InChI=1S/C29H34FN7O2/c1-19-15-21(5-10-32-19)24-16-33-26(34-24)27(38)35-23-4-2-3-22(30)25(23)36-11-6-20(7-12-36)28(39)37-13-8-29(9-14-37)17-31-18-29/h2-5,10,15-16,20,31H,6-9,11-14,17-18H2,1H3,(H,33,34)(H,35,38). The molecule has 0 aliphatic carbocycles. The number of H-pyrrole nitrogens is 1. The second-order valence-corrected chi connectivity index (χ2v) is 11.1. The van der Waals surface area contributed by atoms with E-state index in [-0.39, 0.29) is 17.6 Å². The maximum atomic E-state index is 15.1. The predicted molar refractivity (Wildman–Crippen MR) is 147 cm³/mol. The fourth-order valence-electron chi connectivity index (χ4n) is 6.06. The van der Waals surface area contributed by atoms with Gasteiger partial charge in [0.2, 0.25) is 5.91 Å². The number of piperidine rings is 2. The number of aromatic amines is 1. The lowest BCUT2D eigenvalue weighted by molar-refractivity contribution is -0.139. The first kappa shape index (κ1) is 25.5. The maximum absolute atomic E-state index is 15.1. The summed E-state index contributed by atoms with van der Waals surface area (Å²) in [6, 6.07) is 8.43. The quantitative estimate of drug-likeness (QED) is 0.465. The van der Waals surface area contributed by atoms with Crippen molar-refractivity contribution in [3.05, 3.63) is 60.1 Å². The molecule has 0 bridgehead atoms. The summed E-state index contributed by atoms with van der Waals surface area (Å²) in [6.07, 6.45) is 6.77. The monoisotopic (exact) mass is 531 g/mol. The second-order valence-electron chi connectivity index (χ2n) is 11.1. The normalized spacial score (nSPS) is 19.1. The topological polar surface area (TPSA) is 106 Å². The third-order valence-electron chi connectivity index (χ3n) is 8.53. The molecule has 9 nitrogen and oxygen atoms in total. The number of carbonyl (C=O) groups excluding carboxylic acids is 2. The molecule has 3 saturated heterocycles. The van der Waals surface area contributed by atoms with Crippen molar-refractivity contribution in [3.63, 3.8) is 0 Å². The van der Waals surface area contributed by atoms with Crippen molar-refractivity contribution < 1.29 is 14.0 Å². The minimum Gasteiger partial charge on any atom is -0.367 e. The third-order valence-corrected chi connectivity index (χ3v) is 8.53. The van der Waals surface area contributed by atoms with Gasteiger partial charge >= 0.3 is 0 Å². The minimum atomic E-state index is -0.450. The molecular weight excluding hydrogens is 497 g/mol. The largest absolute Gasteiger partial charge is 0.367 e. The Labute approximate surface area is 227 Å². The number of pyridine rings is 1. The number of nitrogens with zero attached hydrogens (tertiary/aromatic N) is 4. The zero-order valence-corrected chi connectivity index (χ0v) is 22.2. The number of benzene rings is 1. The Bertz CT molecular complexity index is 1370. The molecule has 3 N–H and O–H groups in total. The van der Waals surface area contributed by atoms with Gasteiger partial charge < -0.3 is 25.4 Å². The number of aromatic nitrogens is 3. The van der Waals surface area contributed by atoms with Gasteiger partial charge in [0.05, 0.1) is 23.3 Å². The van der Waals surface area contributed by atoms with Crippen LogP contribution in [-0.2, 0) is 4.79 Å². The molecule has 0 unspecified atom stereocenters. The molecule has 3 fully saturated rings. The summed E-state index contributed by atoms with van der Waals surface area (Å²) in [4.78, 5) is 41.7. The first-order chi connectivity index (χ1) is 18.9. The summed E-state index contributed by atoms with van der Waals surface area (Å²) in [5.41, 5.74) is 3.58. The van der Waals surface area contributed by atoms with Crippen molar-refractivity contribution in [2.75, 3.05) is 49.5 Å². The van der Waals surface area contributed by atoms with Crippen LogP contribution in [0.2, 0.25) is 0 Å². The van der Waals surface area contributed by atoms with Crippen LogP contribution < -0.4 is 15.5 Å². The van der Waals surface area contributed by atoms with Crippen LogP contribution >= 0.6 is 0 Å². The zero-order valence-electron chi connectivity index (χ0n) is 22.2. The van der Waals surface area contributed by atoms with Gasteiger partial charge in [-0.1, -0.05) is 6.07 Å². The Morgan fingerprint density at radius 2 is 1.85 bits per heavy atom. The van der Waals surface area contributed by atoms with Crippen molar-refractivity contribution in [1.82, 2.24) is 25.2 Å². The fourth-order valence-corrected chi connectivity index (χ4v) is 6.06. The summed E-state index contributed by atoms with van der Waals surface area (Å²) in [5.74, 6) is -0.524. The Hall–Kier alpha value is -3.79. The first-order valence-corrected chi connectivity index (χ1v) is 13.7. The van der Waals surface area contributed by atoms with E-state index in [0.29, 0.717) is 48.4 Å². The molecule has 3 aromatic rings. The number of halogens is 1. The number of hydrogen-bond acceptors (Lipinski definition) is 6. The van der Waals surface area contributed by atoms with E-state index in [0.717, 1.165) is 50.3 Å². The van der Waals surface area contributed by atoms with Crippen LogP contribution in [0.3, 0.4) is 0 Å². The summed E-state index contributed by atoms with van der Waals surface area (Å²) in [5, 5.41) is 6.20. The number of hydrogen-bond donors (Lipinski definition) is 3. The van der Waals surface area contributed by atoms with E-state index in [4.69, 9.17) is 0 Å². The molecular formula is C29H34FN7O2. The van der Waals surface area contributed by atoms with Gasteiger partial charge in [-0.3, -0.25) is 14.6 Å². The van der Waals surface area contributed by atoms with Crippen molar-refractivity contribution in [2.45, 2.75) is 32.6 Å². The second kappa shape index (κ2) is 10.4. The number of aryl methyl sites for hydroxylation is 1. The lowest BCUT2D eigenvalue weighted by Crippen LogP contribution is -2.59. The highest BCUT2D eigenvalue weighted by Crippen LogP contribution is 2.37. The van der Waals surface area contributed by atoms with Crippen LogP contribution in [0.15, 0.2) is 42.7 Å². The van der Waals surface area contributed by atoms with Crippen molar-refractivity contribution in [1.29, 1.82) is 0 Å². The van der Waals surface area contributed by atoms with Crippen LogP contribution in [0, 0.1) is 24.1 Å². The molecule has 3 aliphatic rings. The van der Waals surface area contributed by atoms with E-state index >= 15 is 4.39 Å². The highest BCUT2D eigenvalue weighted by molar-refractivity contribution is 6.04. The van der Waals surface area contributed by atoms with Gasteiger partial charge in [-0.05, 0) is 62.3 Å². The number of imidazole rings is 1. The molecule has 204 valence electrons. The summed E-state index contributed by atoms with van der Waals surface area (Å²) >= 11 is 0. The van der Waals surface area contributed by atoms with E-state index in [1.165, 1.54) is 6.07 Å². The highest BCUT2D eigenvalue weighted by Gasteiger charge is 2.41. The van der Waals surface area contributed by atoms with Crippen LogP contribution in [0.25, 0.3) is 11.3 Å². The van der Waals surface area contributed by atoms with Crippen molar-refractivity contribution >= 4 is 23.2 Å². The van der Waals surface area contributed by atoms with Crippen LogP contribution in [0.5, 0.6) is 0 Å². The molecule has 3 aliphatic heterocycles. The van der Waals surface area contributed by atoms with E-state index in [9.17, 15) is 9.59 Å².